The molecule has 3 aromatic rings. The van der Waals surface area contributed by atoms with Crippen molar-refractivity contribution in [2.45, 2.75) is 20.4 Å². The lowest BCUT2D eigenvalue weighted by Crippen LogP contribution is -2.30. The summed E-state index contributed by atoms with van der Waals surface area (Å²) >= 11 is 0. The Morgan fingerprint density at radius 2 is 1.74 bits per heavy atom. The van der Waals surface area contributed by atoms with E-state index in [9.17, 15) is 14.4 Å². The summed E-state index contributed by atoms with van der Waals surface area (Å²) in [6, 6.07) is 14.0. The molecule has 0 fully saturated rings. The minimum atomic E-state index is -0.584. The van der Waals surface area contributed by atoms with Crippen molar-refractivity contribution in [1.82, 2.24) is 4.90 Å². The highest BCUT2D eigenvalue weighted by Crippen LogP contribution is 2.22. The Labute approximate surface area is 179 Å². The highest BCUT2D eigenvalue weighted by atomic mass is 16.5. The van der Waals surface area contributed by atoms with Crippen LogP contribution < -0.4 is 16.3 Å². The predicted molar refractivity (Wildman–Crippen MR) is 119 cm³/mol. The summed E-state index contributed by atoms with van der Waals surface area (Å²) in [7, 11) is 1.80. The first-order chi connectivity index (χ1) is 14.8. The van der Waals surface area contributed by atoms with Gasteiger partial charge < -0.3 is 14.5 Å². The Hall–Kier alpha value is -3.65. The Kier molecular flexibility index (Phi) is 7.04. The van der Waals surface area contributed by atoms with Crippen molar-refractivity contribution in [2.24, 2.45) is 0 Å². The van der Waals surface area contributed by atoms with Crippen LogP contribution in [0.25, 0.3) is 11.0 Å². The fourth-order valence-electron chi connectivity index (χ4n) is 3.15. The van der Waals surface area contributed by atoms with Gasteiger partial charge in [0.1, 0.15) is 5.58 Å². The molecule has 0 saturated heterocycles. The third-order valence-corrected chi connectivity index (χ3v) is 4.54. The van der Waals surface area contributed by atoms with Crippen molar-refractivity contribution >= 4 is 34.3 Å². The van der Waals surface area contributed by atoms with E-state index in [1.165, 1.54) is 6.07 Å². The first-order valence-electron chi connectivity index (χ1n) is 9.89. The number of hydrogen-bond acceptors (Lipinski definition) is 6. The normalized spacial score (nSPS) is 10.8. The summed E-state index contributed by atoms with van der Waals surface area (Å²) in [6.07, 6.45) is -0.584. The molecule has 0 atom stereocenters. The van der Waals surface area contributed by atoms with Gasteiger partial charge in [-0.1, -0.05) is 17.7 Å². The summed E-state index contributed by atoms with van der Waals surface area (Å²) in [5.74, 6) is -0.153. The fraction of sp³-hybridized carbons (Fsp3) is 0.261. The zero-order chi connectivity index (χ0) is 22.4. The van der Waals surface area contributed by atoms with Crippen LogP contribution in [-0.4, -0.2) is 37.1 Å². The summed E-state index contributed by atoms with van der Waals surface area (Å²) in [6.45, 7) is 4.47. The number of carbonyl (C=O) groups excluding carboxylic acids is 2. The van der Waals surface area contributed by atoms with Crippen molar-refractivity contribution in [3.8, 4) is 0 Å². The van der Waals surface area contributed by atoms with E-state index in [0.29, 0.717) is 17.8 Å². The molecule has 2 aromatic carbocycles. The maximum Gasteiger partial charge on any atom is 0.411 e. The van der Waals surface area contributed by atoms with Gasteiger partial charge in [-0.2, -0.15) is 0 Å². The zero-order valence-electron chi connectivity index (χ0n) is 17.7. The molecule has 3 rings (SSSR count). The van der Waals surface area contributed by atoms with E-state index in [1.54, 1.807) is 32.2 Å². The molecule has 31 heavy (non-hydrogen) atoms. The molecular formula is C23H25N3O5. The Morgan fingerprint density at radius 1 is 1.03 bits per heavy atom. The highest BCUT2D eigenvalue weighted by Gasteiger charge is 2.13. The Bertz CT molecular complexity index is 1140. The van der Waals surface area contributed by atoms with Crippen LogP contribution in [0.1, 0.15) is 18.1 Å². The lowest BCUT2D eigenvalue weighted by Gasteiger charge is -2.17. The number of nitrogens with zero attached hydrogens (tertiary/aromatic N) is 1. The first-order valence-corrected chi connectivity index (χ1v) is 9.89. The smallest absolute Gasteiger partial charge is 0.411 e. The standard InChI is InChI=1S/C23H25N3O5/c1-4-30-23(29)25-18-9-10-19-16(11-22(28)31-20(19)12-18)13-26(3)14-21(27)24-17-7-5-15(2)6-8-17/h5-12H,4,13-14H2,1-3H3,(H,24,27)(H,25,29). The molecule has 162 valence electrons. The molecule has 0 saturated carbocycles. The van der Waals surface area contributed by atoms with E-state index >= 15 is 0 Å². The maximum absolute atomic E-state index is 12.3. The van der Waals surface area contributed by atoms with E-state index in [0.717, 1.165) is 22.2 Å². The van der Waals surface area contributed by atoms with Gasteiger partial charge in [0.25, 0.3) is 0 Å². The van der Waals surface area contributed by atoms with Crippen molar-refractivity contribution in [1.29, 1.82) is 0 Å². The molecular weight excluding hydrogens is 398 g/mol. The predicted octanol–water partition coefficient (Wildman–Crippen LogP) is 3.74. The van der Waals surface area contributed by atoms with Crippen molar-refractivity contribution in [3.63, 3.8) is 0 Å². The number of benzene rings is 2. The monoisotopic (exact) mass is 423 g/mol. The van der Waals surface area contributed by atoms with Gasteiger partial charge in [-0.25, -0.2) is 9.59 Å². The molecule has 1 heterocycles. The Balaban J connectivity index is 1.71. The molecule has 1 aromatic heterocycles. The van der Waals surface area contributed by atoms with Gasteiger partial charge in [0.05, 0.1) is 13.2 Å². The molecule has 0 aliphatic carbocycles. The number of likely N-dealkylation sites (N-methyl/N-ethyl adjacent to an activating group) is 1. The lowest BCUT2D eigenvalue weighted by molar-refractivity contribution is -0.117. The number of rotatable bonds is 7. The maximum atomic E-state index is 12.3. The third kappa shape index (κ3) is 6.16. The van der Waals surface area contributed by atoms with Crippen LogP contribution in [0.2, 0.25) is 0 Å². The number of ether oxygens (including phenoxy) is 1. The number of carbonyl (C=O) groups is 2. The number of nitrogens with one attached hydrogen (secondary N) is 2. The van der Waals surface area contributed by atoms with E-state index in [-0.39, 0.29) is 19.1 Å². The number of fused-ring (bicyclic) bond motifs is 1. The van der Waals surface area contributed by atoms with Crippen molar-refractivity contribution in [3.05, 3.63) is 70.1 Å². The molecule has 2 N–H and O–H groups in total. The number of amides is 2. The van der Waals surface area contributed by atoms with Crippen molar-refractivity contribution < 1.29 is 18.7 Å². The van der Waals surface area contributed by atoms with E-state index in [2.05, 4.69) is 10.6 Å². The third-order valence-electron chi connectivity index (χ3n) is 4.54. The molecule has 0 aliphatic heterocycles. The van der Waals surface area contributed by atoms with Gasteiger partial charge >= 0.3 is 11.7 Å². The molecule has 2 amide bonds. The van der Waals surface area contributed by atoms with Gasteiger partial charge in [0.2, 0.25) is 5.91 Å². The summed E-state index contributed by atoms with van der Waals surface area (Å²) in [5.41, 5.74) is 2.86. The topological polar surface area (TPSA) is 101 Å². The molecule has 8 nitrogen and oxygen atoms in total. The highest BCUT2D eigenvalue weighted by molar-refractivity contribution is 5.92. The van der Waals surface area contributed by atoms with Gasteiger partial charge in [-0.3, -0.25) is 15.0 Å². The van der Waals surface area contributed by atoms with Gasteiger partial charge in [-0.05, 0) is 50.7 Å². The first kappa shape index (κ1) is 22.0. The van der Waals surface area contributed by atoms with E-state index in [1.807, 2.05) is 36.1 Å². The zero-order valence-corrected chi connectivity index (χ0v) is 17.7. The number of aryl methyl sites for hydroxylation is 1. The summed E-state index contributed by atoms with van der Waals surface area (Å²) in [5, 5.41) is 6.16. The average Bonchev–Trinajstić information content (AvgIpc) is 2.69. The SMILES string of the molecule is CCOC(=O)Nc1ccc2c(CN(C)CC(=O)Nc3ccc(C)cc3)cc(=O)oc2c1. The second-order valence-electron chi connectivity index (χ2n) is 7.23. The lowest BCUT2D eigenvalue weighted by atomic mass is 10.1. The second-order valence-corrected chi connectivity index (χ2v) is 7.23. The molecule has 0 unspecified atom stereocenters. The second kappa shape index (κ2) is 9.90. The number of anilines is 2. The molecule has 0 bridgehead atoms. The minimum absolute atomic E-state index is 0.151. The van der Waals surface area contributed by atoms with Gasteiger partial charge in [-0.15, -0.1) is 0 Å². The Morgan fingerprint density at radius 3 is 2.45 bits per heavy atom. The van der Waals surface area contributed by atoms with Crippen molar-refractivity contribution in [2.75, 3.05) is 30.8 Å². The fourth-order valence-corrected chi connectivity index (χ4v) is 3.15. The van der Waals surface area contributed by atoms with E-state index in [4.69, 9.17) is 9.15 Å². The van der Waals surface area contributed by atoms with Crippen LogP contribution in [0.4, 0.5) is 16.2 Å². The average molecular weight is 423 g/mol. The molecule has 0 aliphatic rings. The van der Waals surface area contributed by atoms with Crippen LogP contribution in [-0.2, 0) is 16.1 Å². The quantitative estimate of drug-likeness (QED) is 0.562. The minimum Gasteiger partial charge on any atom is -0.450 e. The molecule has 0 radical (unpaired) electrons. The van der Waals surface area contributed by atoms with Gasteiger partial charge in [0.15, 0.2) is 0 Å². The van der Waals surface area contributed by atoms with E-state index < -0.39 is 11.7 Å². The molecule has 8 heteroatoms. The largest absolute Gasteiger partial charge is 0.450 e. The van der Waals surface area contributed by atoms with Crippen LogP contribution in [0, 0.1) is 6.92 Å². The van der Waals surface area contributed by atoms with Gasteiger partial charge in [0, 0.05) is 35.4 Å². The number of hydrogen-bond donors (Lipinski definition) is 2. The summed E-state index contributed by atoms with van der Waals surface area (Å²) < 4.78 is 10.1. The van der Waals surface area contributed by atoms with Crippen LogP contribution in [0.5, 0.6) is 0 Å². The van der Waals surface area contributed by atoms with Crippen LogP contribution in [0.15, 0.2) is 57.7 Å². The molecule has 0 spiro atoms. The van der Waals surface area contributed by atoms with Crippen LogP contribution >= 0.6 is 0 Å². The van der Waals surface area contributed by atoms with Crippen LogP contribution in [0.3, 0.4) is 0 Å². The summed E-state index contributed by atoms with van der Waals surface area (Å²) in [4.78, 5) is 37.8.